The van der Waals surface area contributed by atoms with E-state index in [1.165, 1.54) is 4.90 Å². The van der Waals surface area contributed by atoms with Crippen molar-refractivity contribution in [2.24, 2.45) is 0 Å². The number of benzene rings is 1. The Bertz CT molecular complexity index is 784. The molecule has 3 rings (SSSR count). The number of carboxylic acid groups (broad SMARTS) is 1. The Kier molecular flexibility index (Phi) is 5.38. The number of halogens is 1. The van der Waals surface area contributed by atoms with Gasteiger partial charge >= 0.3 is 5.97 Å². The number of rotatable bonds is 6. The first-order valence-corrected chi connectivity index (χ1v) is 8.71. The summed E-state index contributed by atoms with van der Waals surface area (Å²) in [5.74, 6) is -3.29. The molecule has 0 radical (unpaired) electrons. The Morgan fingerprint density at radius 1 is 1.30 bits per heavy atom. The van der Waals surface area contributed by atoms with E-state index < -0.39 is 42.8 Å². The smallest absolute Gasteiger partial charge is 0.305 e. The van der Waals surface area contributed by atoms with Crippen molar-refractivity contribution in [3.63, 3.8) is 0 Å². The Labute approximate surface area is 154 Å². The molecule has 3 N–H and O–H groups in total. The van der Waals surface area contributed by atoms with E-state index in [1.54, 1.807) is 24.3 Å². The lowest BCUT2D eigenvalue weighted by Crippen LogP contribution is -2.61. The van der Waals surface area contributed by atoms with Gasteiger partial charge in [0.15, 0.2) is 5.78 Å². The number of carbonyl (C=O) groups is 4. The predicted molar refractivity (Wildman–Crippen MR) is 92.8 cm³/mol. The standard InChI is InChI=1S/C18H20FN3O5/c19-9-14(23)12(8-16(24)25)21-17(26)13-6-3-7-15-20-11-5-2-1-4-10(11)18(27)22(13)15/h1-2,4-5,12-13,15,20H,3,6-9H2,(H,21,26)(H,24,25). The van der Waals surface area contributed by atoms with Crippen molar-refractivity contribution >= 4 is 29.3 Å². The first kappa shape index (κ1) is 18.8. The average molecular weight is 377 g/mol. The molecule has 2 aliphatic heterocycles. The molecule has 1 aromatic rings. The van der Waals surface area contributed by atoms with Gasteiger partial charge in [0.05, 0.1) is 12.0 Å². The number of nitrogens with one attached hydrogen (secondary N) is 2. The topological polar surface area (TPSA) is 116 Å². The van der Waals surface area contributed by atoms with Crippen LogP contribution in [0.2, 0.25) is 0 Å². The molecule has 0 spiro atoms. The van der Waals surface area contributed by atoms with Gasteiger partial charge in [0, 0.05) is 5.69 Å². The molecule has 8 nitrogen and oxygen atoms in total. The monoisotopic (exact) mass is 377 g/mol. The molecule has 2 amide bonds. The summed E-state index contributed by atoms with van der Waals surface area (Å²) in [6, 6.07) is 4.66. The van der Waals surface area contributed by atoms with E-state index in [9.17, 15) is 23.6 Å². The third kappa shape index (κ3) is 3.76. The maximum absolute atomic E-state index is 12.9. The molecule has 9 heteroatoms. The van der Waals surface area contributed by atoms with Gasteiger partial charge in [0.2, 0.25) is 5.91 Å². The highest BCUT2D eigenvalue weighted by Gasteiger charge is 2.42. The lowest BCUT2D eigenvalue weighted by Gasteiger charge is -2.45. The van der Waals surface area contributed by atoms with E-state index in [0.29, 0.717) is 30.5 Å². The second-order valence-electron chi connectivity index (χ2n) is 6.62. The molecule has 3 unspecified atom stereocenters. The van der Waals surface area contributed by atoms with E-state index in [1.807, 2.05) is 0 Å². The summed E-state index contributed by atoms with van der Waals surface area (Å²) < 4.78 is 12.7. The van der Waals surface area contributed by atoms with E-state index in [0.717, 1.165) is 0 Å². The number of carboxylic acids is 1. The fourth-order valence-electron chi connectivity index (χ4n) is 3.58. The third-order valence-electron chi connectivity index (χ3n) is 4.86. The number of alkyl halides is 1. The summed E-state index contributed by atoms with van der Waals surface area (Å²) in [5.41, 5.74) is 1.14. The number of amides is 2. The number of hydrogen-bond donors (Lipinski definition) is 3. The second-order valence-corrected chi connectivity index (χ2v) is 6.62. The SMILES string of the molecule is O=C(O)CC(NC(=O)C1CCCC2Nc3ccccc3C(=O)N21)C(=O)CF. The first-order valence-electron chi connectivity index (χ1n) is 8.71. The molecule has 1 aromatic carbocycles. The minimum absolute atomic E-state index is 0.305. The van der Waals surface area contributed by atoms with Gasteiger partial charge < -0.3 is 20.6 Å². The van der Waals surface area contributed by atoms with Crippen LogP contribution in [0.5, 0.6) is 0 Å². The van der Waals surface area contributed by atoms with Gasteiger partial charge in [-0.2, -0.15) is 0 Å². The van der Waals surface area contributed by atoms with Gasteiger partial charge in [0.25, 0.3) is 5.91 Å². The van der Waals surface area contributed by atoms with Crippen LogP contribution in [-0.4, -0.2) is 58.5 Å². The number of piperidine rings is 1. The van der Waals surface area contributed by atoms with Gasteiger partial charge in [-0.3, -0.25) is 19.2 Å². The summed E-state index contributed by atoms with van der Waals surface area (Å²) in [7, 11) is 0. The molecule has 2 heterocycles. The van der Waals surface area contributed by atoms with Crippen molar-refractivity contribution in [1.29, 1.82) is 0 Å². The minimum Gasteiger partial charge on any atom is -0.481 e. The van der Waals surface area contributed by atoms with E-state index in [2.05, 4.69) is 10.6 Å². The average Bonchev–Trinajstić information content (AvgIpc) is 2.66. The van der Waals surface area contributed by atoms with Crippen molar-refractivity contribution in [3.8, 4) is 0 Å². The van der Waals surface area contributed by atoms with Crippen LogP contribution >= 0.6 is 0 Å². The molecule has 1 fully saturated rings. The summed E-state index contributed by atoms with van der Waals surface area (Å²) in [6.07, 6.45) is 0.627. The second kappa shape index (κ2) is 7.73. The summed E-state index contributed by atoms with van der Waals surface area (Å²) in [5, 5.41) is 14.4. The zero-order valence-electron chi connectivity index (χ0n) is 14.5. The molecule has 0 aromatic heterocycles. The minimum atomic E-state index is -1.46. The van der Waals surface area contributed by atoms with Crippen LogP contribution in [0.15, 0.2) is 24.3 Å². The fourth-order valence-corrected chi connectivity index (χ4v) is 3.58. The Hall–Kier alpha value is -2.97. The molecular formula is C18H20FN3O5. The molecular weight excluding hydrogens is 357 g/mol. The van der Waals surface area contributed by atoms with Crippen LogP contribution < -0.4 is 10.6 Å². The van der Waals surface area contributed by atoms with Crippen molar-refractivity contribution in [2.45, 2.75) is 43.9 Å². The summed E-state index contributed by atoms with van der Waals surface area (Å²) >= 11 is 0. The maximum atomic E-state index is 12.9. The van der Waals surface area contributed by atoms with E-state index in [-0.39, 0.29) is 12.1 Å². The van der Waals surface area contributed by atoms with Crippen LogP contribution in [0, 0.1) is 0 Å². The van der Waals surface area contributed by atoms with Crippen molar-refractivity contribution in [3.05, 3.63) is 29.8 Å². The third-order valence-corrected chi connectivity index (χ3v) is 4.86. The normalized spacial score (nSPS) is 22.1. The van der Waals surface area contributed by atoms with Crippen LogP contribution in [0.25, 0.3) is 0 Å². The molecule has 0 aliphatic carbocycles. The number of anilines is 1. The van der Waals surface area contributed by atoms with Crippen LogP contribution in [0.4, 0.5) is 10.1 Å². The fraction of sp³-hybridized carbons (Fsp3) is 0.444. The number of fused-ring (bicyclic) bond motifs is 2. The Morgan fingerprint density at radius 3 is 2.74 bits per heavy atom. The van der Waals surface area contributed by atoms with Gasteiger partial charge in [-0.15, -0.1) is 0 Å². The number of carbonyl (C=O) groups excluding carboxylic acids is 3. The molecule has 3 atom stereocenters. The highest BCUT2D eigenvalue weighted by Crippen LogP contribution is 2.33. The zero-order valence-corrected chi connectivity index (χ0v) is 14.5. The number of ketones is 1. The highest BCUT2D eigenvalue weighted by atomic mass is 19.1. The Balaban J connectivity index is 1.81. The van der Waals surface area contributed by atoms with Crippen molar-refractivity contribution in [1.82, 2.24) is 10.2 Å². The molecule has 2 aliphatic rings. The van der Waals surface area contributed by atoms with Gasteiger partial charge in [-0.05, 0) is 31.4 Å². The first-order chi connectivity index (χ1) is 12.9. The Morgan fingerprint density at radius 2 is 2.04 bits per heavy atom. The number of nitrogens with zero attached hydrogens (tertiary/aromatic N) is 1. The van der Waals surface area contributed by atoms with Gasteiger partial charge in [0.1, 0.15) is 24.9 Å². The molecule has 144 valence electrons. The zero-order chi connectivity index (χ0) is 19.6. The number of aliphatic carboxylic acids is 1. The molecule has 0 saturated carbocycles. The number of Topliss-reactive ketones (excluding diaryl/α,β-unsaturated/α-hetero) is 1. The number of para-hydroxylation sites is 1. The van der Waals surface area contributed by atoms with Crippen LogP contribution in [0.3, 0.4) is 0 Å². The highest BCUT2D eigenvalue weighted by molar-refractivity contribution is 6.04. The van der Waals surface area contributed by atoms with Crippen molar-refractivity contribution < 1.29 is 28.7 Å². The predicted octanol–water partition coefficient (Wildman–Crippen LogP) is 0.931. The quantitative estimate of drug-likeness (QED) is 0.679. The lowest BCUT2D eigenvalue weighted by atomic mass is 9.94. The summed E-state index contributed by atoms with van der Waals surface area (Å²) in [4.78, 5) is 49.6. The lowest BCUT2D eigenvalue weighted by molar-refractivity contribution is -0.141. The molecule has 1 saturated heterocycles. The maximum Gasteiger partial charge on any atom is 0.305 e. The van der Waals surface area contributed by atoms with Crippen LogP contribution in [-0.2, 0) is 14.4 Å². The van der Waals surface area contributed by atoms with Gasteiger partial charge in [-0.1, -0.05) is 12.1 Å². The number of hydrogen-bond acceptors (Lipinski definition) is 5. The largest absolute Gasteiger partial charge is 0.481 e. The van der Waals surface area contributed by atoms with Crippen molar-refractivity contribution in [2.75, 3.05) is 12.0 Å². The molecule has 0 bridgehead atoms. The van der Waals surface area contributed by atoms with E-state index >= 15 is 0 Å². The summed E-state index contributed by atoms with van der Waals surface area (Å²) in [6.45, 7) is -1.37. The van der Waals surface area contributed by atoms with Gasteiger partial charge in [-0.25, -0.2) is 4.39 Å². The van der Waals surface area contributed by atoms with Crippen LogP contribution in [0.1, 0.15) is 36.0 Å². The molecule has 27 heavy (non-hydrogen) atoms. The van der Waals surface area contributed by atoms with E-state index in [4.69, 9.17) is 5.11 Å².